The maximum Gasteiger partial charge on any atom is 0.242 e. The second kappa shape index (κ2) is 8.33. The molecule has 6 heteroatoms. The zero-order chi connectivity index (χ0) is 20.1. The van der Waals surface area contributed by atoms with Crippen LogP contribution in [-0.4, -0.2) is 39.6 Å². The average Bonchev–Trinajstić information content (AvgIpc) is 3.55. The number of rotatable bonds is 8. The van der Waals surface area contributed by atoms with E-state index in [4.69, 9.17) is 9.47 Å². The Labute approximate surface area is 165 Å². The van der Waals surface area contributed by atoms with E-state index >= 15 is 0 Å². The number of benzene rings is 2. The van der Waals surface area contributed by atoms with Gasteiger partial charge >= 0.3 is 0 Å². The Balaban J connectivity index is 1.58. The summed E-state index contributed by atoms with van der Waals surface area (Å²) in [5, 5.41) is 2.93. The number of nitrogens with zero attached hydrogens (tertiary/aromatic N) is 1. The summed E-state index contributed by atoms with van der Waals surface area (Å²) in [5.41, 5.74) is 0.884. The molecule has 0 aliphatic heterocycles. The van der Waals surface area contributed by atoms with Crippen LogP contribution in [0, 0.1) is 5.41 Å². The standard InChI is InChI=1S/C22H26N2O4/c1-24(17-7-5-4-6-8-17)21(26)22(12-13-22)20(25)23-14-11-16-9-10-18(27-2)19(15-16)28-3/h4-10,15H,11-14H2,1-3H3,(H,23,25). The van der Waals surface area contributed by atoms with Crippen LogP contribution in [0.4, 0.5) is 5.69 Å². The summed E-state index contributed by atoms with van der Waals surface area (Å²) in [6, 6.07) is 15.1. The van der Waals surface area contributed by atoms with Crippen LogP contribution in [-0.2, 0) is 16.0 Å². The minimum Gasteiger partial charge on any atom is -0.493 e. The van der Waals surface area contributed by atoms with Crippen molar-refractivity contribution in [3.05, 3.63) is 54.1 Å². The molecule has 1 aliphatic carbocycles. The van der Waals surface area contributed by atoms with Crippen molar-refractivity contribution in [2.45, 2.75) is 19.3 Å². The van der Waals surface area contributed by atoms with E-state index in [1.165, 1.54) is 0 Å². The number of amides is 2. The number of carbonyl (C=O) groups excluding carboxylic acids is 2. The molecule has 1 fully saturated rings. The minimum absolute atomic E-state index is 0.151. The van der Waals surface area contributed by atoms with Crippen LogP contribution in [0.1, 0.15) is 18.4 Å². The lowest BCUT2D eigenvalue weighted by Crippen LogP contribution is -2.44. The van der Waals surface area contributed by atoms with E-state index in [2.05, 4.69) is 5.32 Å². The monoisotopic (exact) mass is 382 g/mol. The molecule has 0 radical (unpaired) electrons. The molecule has 28 heavy (non-hydrogen) atoms. The Bertz CT molecular complexity index is 847. The Morgan fingerprint density at radius 2 is 1.71 bits per heavy atom. The molecule has 6 nitrogen and oxygen atoms in total. The van der Waals surface area contributed by atoms with Crippen LogP contribution in [0.2, 0.25) is 0 Å². The smallest absolute Gasteiger partial charge is 0.242 e. The lowest BCUT2D eigenvalue weighted by atomic mass is 10.0. The van der Waals surface area contributed by atoms with Crippen LogP contribution >= 0.6 is 0 Å². The van der Waals surface area contributed by atoms with Crippen LogP contribution < -0.4 is 19.7 Å². The van der Waals surface area contributed by atoms with Crippen molar-refractivity contribution < 1.29 is 19.1 Å². The Morgan fingerprint density at radius 3 is 2.32 bits per heavy atom. The number of para-hydroxylation sites is 1. The van der Waals surface area contributed by atoms with Crippen molar-refractivity contribution in [3.8, 4) is 11.5 Å². The van der Waals surface area contributed by atoms with Gasteiger partial charge in [-0.1, -0.05) is 24.3 Å². The fourth-order valence-electron chi connectivity index (χ4n) is 3.28. The highest BCUT2D eigenvalue weighted by Gasteiger charge is 2.57. The maximum atomic E-state index is 12.9. The van der Waals surface area contributed by atoms with Gasteiger partial charge in [0.2, 0.25) is 11.8 Å². The van der Waals surface area contributed by atoms with Crippen LogP contribution in [0.15, 0.2) is 48.5 Å². The van der Waals surface area contributed by atoms with E-state index in [-0.39, 0.29) is 11.8 Å². The molecule has 0 bridgehead atoms. The number of methoxy groups -OCH3 is 2. The van der Waals surface area contributed by atoms with Gasteiger partial charge < -0.3 is 19.7 Å². The topological polar surface area (TPSA) is 67.9 Å². The number of carbonyl (C=O) groups is 2. The molecule has 148 valence electrons. The van der Waals surface area contributed by atoms with E-state index in [0.29, 0.717) is 37.3 Å². The molecule has 1 N–H and O–H groups in total. The van der Waals surface area contributed by atoms with Crippen molar-refractivity contribution in [2.75, 3.05) is 32.7 Å². The van der Waals surface area contributed by atoms with Gasteiger partial charge in [0.25, 0.3) is 0 Å². The van der Waals surface area contributed by atoms with E-state index < -0.39 is 5.41 Å². The van der Waals surface area contributed by atoms with Crippen molar-refractivity contribution in [1.82, 2.24) is 5.32 Å². The molecule has 1 aliphatic rings. The zero-order valence-electron chi connectivity index (χ0n) is 16.5. The summed E-state index contributed by atoms with van der Waals surface area (Å²) >= 11 is 0. The molecular weight excluding hydrogens is 356 g/mol. The van der Waals surface area contributed by atoms with E-state index in [1.807, 2.05) is 48.5 Å². The SMILES string of the molecule is COc1ccc(CCNC(=O)C2(C(=O)N(C)c3ccccc3)CC2)cc1OC. The average molecular weight is 382 g/mol. The third-order valence-corrected chi connectivity index (χ3v) is 5.19. The van der Waals surface area contributed by atoms with Gasteiger partial charge in [-0.2, -0.15) is 0 Å². The third kappa shape index (κ3) is 3.96. The van der Waals surface area contributed by atoms with Crippen LogP contribution in [0.25, 0.3) is 0 Å². The molecular formula is C22H26N2O4. The lowest BCUT2D eigenvalue weighted by molar-refractivity contribution is -0.135. The van der Waals surface area contributed by atoms with Crippen molar-refractivity contribution >= 4 is 17.5 Å². The summed E-state index contributed by atoms with van der Waals surface area (Å²) in [7, 11) is 4.90. The van der Waals surface area contributed by atoms with Gasteiger partial charge in [-0.25, -0.2) is 0 Å². The highest BCUT2D eigenvalue weighted by molar-refractivity contribution is 6.13. The van der Waals surface area contributed by atoms with Gasteiger partial charge in [0.05, 0.1) is 14.2 Å². The number of hydrogen-bond donors (Lipinski definition) is 1. The Hall–Kier alpha value is -3.02. The summed E-state index contributed by atoms with van der Waals surface area (Å²) in [6.45, 7) is 0.457. The van der Waals surface area contributed by atoms with Gasteiger partial charge in [0, 0.05) is 19.3 Å². The normalized spacial score (nSPS) is 14.1. The fraction of sp³-hybridized carbons (Fsp3) is 0.364. The molecule has 0 unspecified atom stereocenters. The molecule has 3 rings (SSSR count). The molecule has 0 atom stereocenters. The molecule has 0 spiro atoms. The Morgan fingerprint density at radius 1 is 1.04 bits per heavy atom. The van der Waals surface area contributed by atoms with Gasteiger partial charge in [0.1, 0.15) is 5.41 Å². The predicted molar refractivity (Wildman–Crippen MR) is 108 cm³/mol. The molecule has 1 saturated carbocycles. The minimum atomic E-state index is -0.928. The molecule has 2 aromatic rings. The Kier molecular flexibility index (Phi) is 5.87. The fourth-order valence-corrected chi connectivity index (χ4v) is 3.28. The van der Waals surface area contributed by atoms with Gasteiger partial charge in [-0.15, -0.1) is 0 Å². The first-order chi connectivity index (χ1) is 13.5. The third-order valence-electron chi connectivity index (χ3n) is 5.19. The van der Waals surface area contributed by atoms with Gasteiger partial charge in [-0.3, -0.25) is 9.59 Å². The first-order valence-corrected chi connectivity index (χ1v) is 9.34. The second-order valence-corrected chi connectivity index (χ2v) is 6.98. The van der Waals surface area contributed by atoms with Gasteiger partial charge in [0.15, 0.2) is 11.5 Å². The number of ether oxygens (including phenoxy) is 2. The number of nitrogens with one attached hydrogen (secondary N) is 1. The zero-order valence-corrected chi connectivity index (χ0v) is 16.5. The summed E-state index contributed by atoms with van der Waals surface area (Å²) in [6.07, 6.45) is 1.82. The number of anilines is 1. The summed E-state index contributed by atoms with van der Waals surface area (Å²) in [5.74, 6) is 0.981. The highest BCUT2D eigenvalue weighted by atomic mass is 16.5. The second-order valence-electron chi connectivity index (χ2n) is 6.98. The van der Waals surface area contributed by atoms with E-state index in [0.717, 1.165) is 11.3 Å². The predicted octanol–water partition coefficient (Wildman–Crippen LogP) is 2.81. The van der Waals surface area contributed by atoms with Crippen molar-refractivity contribution in [1.29, 1.82) is 0 Å². The summed E-state index contributed by atoms with van der Waals surface area (Å²) < 4.78 is 10.5. The van der Waals surface area contributed by atoms with Crippen molar-refractivity contribution in [3.63, 3.8) is 0 Å². The molecule has 2 amide bonds. The number of hydrogen-bond acceptors (Lipinski definition) is 4. The van der Waals surface area contributed by atoms with Crippen molar-refractivity contribution in [2.24, 2.45) is 5.41 Å². The largest absolute Gasteiger partial charge is 0.493 e. The quantitative estimate of drug-likeness (QED) is 0.713. The molecule has 0 heterocycles. The van der Waals surface area contributed by atoms with E-state index in [9.17, 15) is 9.59 Å². The van der Waals surface area contributed by atoms with Crippen LogP contribution in [0.5, 0.6) is 11.5 Å². The molecule has 0 aromatic heterocycles. The van der Waals surface area contributed by atoms with Gasteiger partial charge in [-0.05, 0) is 49.1 Å². The first kappa shape index (κ1) is 19.7. The summed E-state index contributed by atoms with van der Waals surface area (Å²) in [4.78, 5) is 27.2. The van der Waals surface area contributed by atoms with Crippen LogP contribution in [0.3, 0.4) is 0 Å². The van der Waals surface area contributed by atoms with E-state index in [1.54, 1.807) is 26.2 Å². The molecule has 2 aromatic carbocycles. The highest BCUT2D eigenvalue weighted by Crippen LogP contribution is 2.47. The maximum absolute atomic E-state index is 12.9. The lowest BCUT2D eigenvalue weighted by Gasteiger charge is -2.23. The first-order valence-electron chi connectivity index (χ1n) is 9.34. The molecule has 0 saturated heterocycles.